The summed E-state index contributed by atoms with van der Waals surface area (Å²) in [4.78, 5) is 18.6. The molecule has 0 atom stereocenters. The molecule has 0 aliphatic heterocycles. The lowest BCUT2D eigenvalue weighted by molar-refractivity contribution is 0.0824. The maximum absolute atomic E-state index is 12.5. The molecule has 0 spiro atoms. The Morgan fingerprint density at radius 2 is 1.53 bits per heavy atom. The smallest absolute Gasteiger partial charge is 0.257 e. The van der Waals surface area contributed by atoms with Gasteiger partial charge in [0, 0.05) is 19.8 Å². The number of anilines is 2. The third-order valence-corrected chi connectivity index (χ3v) is 5.73. The van der Waals surface area contributed by atoms with Crippen LogP contribution in [0.2, 0.25) is 0 Å². The monoisotopic (exact) mass is 484 g/mol. The maximum atomic E-state index is 12.5. The second-order valence-electron chi connectivity index (χ2n) is 8.35. The summed E-state index contributed by atoms with van der Waals surface area (Å²) in [6.07, 6.45) is 0.568. The molecule has 0 radical (unpaired) electrons. The molecule has 8 heteroatoms. The molecule has 0 fully saturated rings. The molecule has 0 aliphatic carbocycles. The van der Waals surface area contributed by atoms with Gasteiger partial charge in [-0.3, -0.25) is 4.79 Å². The molecule has 36 heavy (non-hydrogen) atoms. The summed E-state index contributed by atoms with van der Waals surface area (Å²) < 4.78 is 1.27. The number of carbonyl (C=O) groups excluding carboxylic acids is 1. The third-order valence-electron chi connectivity index (χ3n) is 5.73. The van der Waals surface area contributed by atoms with E-state index < -0.39 is 0 Å². The van der Waals surface area contributed by atoms with Crippen LogP contribution in [0.25, 0.3) is 5.69 Å². The van der Waals surface area contributed by atoms with E-state index >= 15 is 0 Å². The zero-order chi connectivity index (χ0) is 25.8. The number of para-hydroxylation sites is 2. The van der Waals surface area contributed by atoms with Crippen LogP contribution >= 0.6 is 0 Å². The van der Waals surface area contributed by atoms with Gasteiger partial charge in [-0.15, -0.1) is 0 Å². The fourth-order valence-corrected chi connectivity index (χ4v) is 3.88. The lowest BCUT2D eigenvalue weighted by Crippen LogP contribution is -2.21. The highest BCUT2D eigenvalue weighted by molar-refractivity contribution is 6.04. The molecule has 1 heterocycles. The van der Waals surface area contributed by atoms with E-state index in [0.29, 0.717) is 17.8 Å². The lowest BCUT2D eigenvalue weighted by Gasteiger charge is -2.15. The largest absolute Gasteiger partial charge is 0.505 e. The van der Waals surface area contributed by atoms with Gasteiger partial charge in [0.15, 0.2) is 11.4 Å². The number of phenolic OH excluding ortho intramolecular Hbond substituents is 1. The van der Waals surface area contributed by atoms with Crippen molar-refractivity contribution in [2.45, 2.75) is 13.3 Å². The van der Waals surface area contributed by atoms with Crippen molar-refractivity contribution in [3.8, 4) is 23.2 Å². The van der Waals surface area contributed by atoms with E-state index in [-0.39, 0.29) is 46.0 Å². The van der Waals surface area contributed by atoms with Gasteiger partial charge >= 0.3 is 0 Å². The number of hydrogen-bond acceptors (Lipinski definition) is 6. The van der Waals surface area contributed by atoms with Gasteiger partial charge in [0.1, 0.15) is 5.69 Å². The molecule has 184 valence electrons. The standard InChI is InChI=1S/C28H28N4O4/c1-4-21(18-12-7-5-8-13-18)29-23-24(28(36)32(27(23)35)19-14-9-6-10-15-19)30-22-17-11-16-20(25(22)33)26(34)31(2)3/h5-17,30,33,35-36H,4H2,1-3H3. The molecule has 1 amide bonds. The van der Waals surface area contributed by atoms with E-state index in [1.54, 1.807) is 50.5 Å². The van der Waals surface area contributed by atoms with Gasteiger partial charge in [-0.05, 0) is 36.2 Å². The van der Waals surface area contributed by atoms with Gasteiger partial charge in [-0.2, -0.15) is 0 Å². The molecule has 0 saturated carbocycles. The van der Waals surface area contributed by atoms with Crippen LogP contribution in [0.4, 0.5) is 17.1 Å². The average Bonchev–Trinajstić information content (AvgIpc) is 3.12. The van der Waals surface area contributed by atoms with Crippen LogP contribution in [0, 0.1) is 0 Å². The van der Waals surface area contributed by atoms with Gasteiger partial charge < -0.3 is 25.5 Å². The second kappa shape index (κ2) is 10.3. The molecule has 0 saturated heterocycles. The molecule has 1 aromatic heterocycles. The molecule has 3 aromatic carbocycles. The van der Waals surface area contributed by atoms with Crippen molar-refractivity contribution in [2.24, 2.45) is 4.99 Å². The Morgan fingerprint density at radius 3 is 2.14 bits per heavy atom. The SMILES string of the molecule is CCC(=Nc1c(Nc2cccc(C(=O)N(C)C)c2O)c(O)n(-c2ccccc2)c1O)c1ccccc1. The summed E-state index contributed by atoms with van der Waals surface area (Å²) in [6.45, 7) is 1.95. The first-order chi connectivity index (χ1) is 17.3. The van der Waals surface area contributed by atoms with E-state index in [2.05, 4.69) is 5.32 Å². The highest BCUT2D eigenvalue weighted by Gasteiger charge is 2.26. The fraction of sp³-hybridized carbons (Fsp3) is 0.143. The number of nitrogens with one attached hydrogen (secondary N) is 1. The van der Waals surface area contributed by atoms with Crippen LogP contribution in [0.5, 0.6) is 17.5 Å². The quantitative estimate of drug-likeness (QED) is 0.202. The molecule has 4 N–H and O–H groups in total. The normalized spacial score (nSPS) is 11.4. The third kappa shape index (κ3) is 4.61. The zero-order valence-corrected chi connectivity index (χ0v) is 20.3. The van der Waals surface area contributed by atoms with E-state index in [1.165, 1.54) is 15.5 Å². The summed E-state index contributed by atoms with van der Waals surface area (Å²) >= 11 is 0. The van der Waals surface area contributed by atoms with E-state index in [9.17, 15) is 20.1 Å². The van der Waals surface area contributed by atoms with E-state index in [4.69, 9.17) is 4.99 Å². The molecule has 4 aromatic rings. The molecular formula is C28H28N4O4. The maximum Gasteiger partial charge on any atom is 0.257 e. The Hall–Kier alpha value is -4.72. The summed E-state index contributed by atoms with van der Waals surface area (Å²) in [6, 6.07) is 23.1. The van der Waals surface area contributed by atoms with Crippen LogP contribution in [-0.2, 0) is 0 Å². The topological polar surface area (TPSA) is 110 Å². The number of aromatic nitrogens is 1. The highest BCUT2D eigenvalue weighted by Crippen LogP contribution is 2.49. The van der Waals surface area contributed by atoms with Crippen molar-refractivity contribution >= 4 is 28.7 Å². The van der Waals surface area contributed by atoms with Crippen LogP contribution in [-0.4, -0.2) is 50.5 Å². The first-order valence-corrected chi connectivity index (χ1v) is 11.5. The Balaban J connectivity index is 1.91. The number of hydrogen-bond donors (Lipinski definition) is 4. The predicted molar refractivity (Wildman–Crippen MR) is 141 cm³/mol. The first-order valence-electron chi connectivity index (χ1n) is 11.5. The number of amides is 1. The van der Waals surface area contributed by atoms with Crippen molar-refractivity contribution < 1.29 is 20.1 Å². The van der Waals surface area contributed by atoms with Crippen molar-refractivity contribution in [1.29, 1.82) is 0 Å². The summed E-state index contributed by atoms with van der Waals surface area (Å²) in [5.41, 5.74) is 2.55. The van der Waals surface area contributed by atoms with Gasteiger partial charge in [0.05, 0.1) is 16.9 Å². The molecular weight excluding hydrogens is 456 g/mol. The van der Waals surface area contributed by atoms with Crippen LogP contribution < -0.4 is 5.32 Å². The number of carbonyl (C=O) groups is 1. The number of rotatable bonds is 7. The van der Waals surface area contributed by atoms with E-state index in [0.717, 1.165) is 5.56 Å². The van der Waals surface area contributed by atoms with Gasteiger partial charge in [0.2, 0.25) is 11.8 Å². The summed E-state index contributed by atoms with van der Waals surface area (Å²) in [5.74, 6) is -1.23. The zero-order valence-electron chi connectivity index (χ0n) is 20.3. The van der Waals surface area contributed by atoms with Crippen LogP contribution in [0.3, 0.4) is 0 Å². The minimum absolute atomic E-state index is 0.0861. The Kier molecular flexibility index (Phi) is 6.96. The van der Waals surface area contributed by atoms with Crippen molar-refractivity contribution in [3.63, 3.8) is 0 Å². The Bertz CT molecular complexity index is 1410. The second-order valence-corrected chi connectivity index (χ2v) is 8.35. The Morgan fingerprint density at radius 1 is 0.889 bits per heavy atom. The molecule has 8 nitrogen and oxygen atoms in total. The minimum atomic E-state index is -0.374. The number of benzene rings is 3. The van der Waals surface area contributed by atoms with Crippen molar-refractivity contribution in [2.75, 3.05) is 19.4 Å². The van der Waals surface area contributed by atoms with Gasteiger partial charge in [-0.1, -0.05) is 61.5 Å². The van der Waals surface area contributed by atoms with Crippen LogP contribution in [0.15, 0.2) is 83.9 Å². The van der Waals surface area contributed by atoms with Crippen molar-refractivity contribution in [3.05, 3.63) is 90.0 Å². The highest BCUT2D eigenvalue weighted by atomic mass is 16.3. The Labute approximate surface area is 209 Å². The summed E-state index contributed by atoms with van der Waals surface area (Å²) in [7, 11) is 3.18. The molecule has 0 aliphatic rings. The molecule has 0 bridgehead atoms. The minimum Gasteiger partial charge on any atom is -0.505 e. The first kappa shape index (κ1) is 24.4. The average molecular weight is 485 g/mol. The van der Waals surface area contributed by atoms with Crippen molar-refractivity contribution in [1.82, 2.24) is 9.47 Å². The number of phenols is 1. The van der Waals surface area contributed by atoms with Gasteiger partial charge in [-0.25, -0.2) is 9.56 Å². The molecule has 4 rings (SSSR count). The summed E-state index contributed by atoms with van der Waals surface area (Å²) in [5, 5.41) is 36.3. The number of aliphatic imine (C=N–C) groups is 1. The lowest BCUT2D eigenvalue weighted by atomic mass is 10.1. The van der Waals surface area contributed by atoms with Gasteiger partial charge in [0.25, 0.3) is 5.91 Å². The van der Waals surface area contributed by atoms with E-state index in [1.807, 2.05) is 43.3 Å². The fourth-order valence-electron chi connectivity index (χ4n) is 3.88. The van der Waals surface area contributed by atoms with Crippen LogP contribution in [0.1, 0.15) is 29.3 Å². The predicted octanol–water partition coefficient (Wildman–Crippen LogP) is 5.57. The molecule has 0 unspecified atom stereocenters. The number of nitrogens with zero attached hydrogens (tertiary/aromatic N) is 3. The number of aromatic hydroxyl groups is 3.